The largest absolute Gasteiger partial charge is 0.253 e. The summed E-state index contributed by atoms with van der Waals surface area (Å²) in [5.41, 5.74) is 5.41. The zero-order valence-corrected chi connectivity index (χ0v) is 13.8. The monoisotopic (exact) mass is 324 g/mol. The Morgan fingerprint density at radius 1 is 0.680 bits per heavy atom. The van der Waals surface area contributed by atoms with Crippen LogP contribution in [-0.2, 0) is 0 Å². The third-order valence-corrected chi connectivity index (χ3v) is 3.93. The molecular formula is C21H16N4. The van der Waals surface area contributed by atoms with Crippen molar-refractivity contribution in [3.63, 3.8) is 0 Å². The molecular weight excluding hydrogens is 308 g/mol. The molecule has 0 bridgehead atoms. The second-order valence-corrected chi connectivity index (χ2v) is 5.78. The van der Waals surface area contributed by atoms with Crippen molar-refractivity contribution in [2.75, 3.05) is 0 Å². The van der Waals surface area contributed by atoms with Crippen molar-refractivity contribution in [2.45, 2.75) is 6.92 Å². The minimum absolute atomic E-state index is 0.530. The van der Waals surface area contributed by atoms with E-state index >= 15 is 0 Å². The summed E-state index contributed by atoms with van der Waals surface area (Å²) in [6.45, 7) is 2.02. The molecule has 0 spiro atoms. The molecule has 0 saturated heterocycles. The van der Waals surface area contributed by atoms with Gasteiger partial charge in [0, 0.05) is 17.3 Å². The minimum Gasteiger partial charge on any atom is -0.253 e. The normalized spacial score (nSPS) is 10.6. The summed E-state index contributed by atoms with van der Waals surface area (Å²) < 4.78 is 0. The third-order valence-electron chi connectivity index (χ3n) is 3.93. The van der Waals surface area contributed by atoms with Crippen LogP contribution in [0.1, 0.15) is 5.56 Å². The smallest absolute Gasteiger partial charge is 0.201 e. The molecule has 25 heavy (non-hydrogen) atoms. The Kier molecular flexibility index (Phi) is 4.01. The number of aryl methyl sites for hydroxylation is 1. The van der Waals surface area contributed by atoms with Gasteiger partial charge in [0.2, 0.25) is 5.82 Å². The van der Waals surface area contributed by atoms with Crippen molar-refractivity contribution in [1.29, 1.82) is 0 Å². The summed E-state index contributed by atoms with van der Waals surface area (Å²) in [5.74, 6) is 0.530. The molecule has 120 valence electrons. The van der Waals surface area contributed by atoms with Crippen molar-refractivity contribution >= 4 is 0 Å². The van der Waals surface area contributed by atoms with Crippen LogP contribution in [0.3, 0.4) is 0 Å². The first-order chi connectivity index (χ1) is 12.3. The molecule has 2 heterocycles. The van der Waals surface area contributed by atoms with Crippen molar-refractivity contribution in [3.05, 3.63) is 84.6 Å². The van der Waals surface area contributed by atoms with Gasteiger partial charge in [-0.1, -0.05) is 60.7 Å². The topological polar surface area (TPSA) is 51.6 Å². The van der Waals surface area contributed by atoms with E-state index in [0.717, 1.165) is 33.8 Å². The van der Waals surface area contributed by atoms with Crippen LogP contribution in [-0.4, -0.2) is 20.2 Å². The van der Waals surface area contributed by atoms with Crippen LogP contribution in [0.25, 0.3) is 34.0 Å². The van der Waals surface area contributed by atoms with Crippen LogP contribution < -0.4 is 0 Å². The number of pyridine rings is 1. The second kappa shape index (κ2) is 6.61. The molecule has 0 aliphatic heterocycles. The number of hydrogen-bond donors (Lipinski definition) is 0. The quantitative estimate of drug-likeness (QED) is 0.553. The first-order valence-electron chi connectivity index (χ1n) is 8.10. The molecule has 0 fully saturated rings. The number of hydrogen-bond acceptors (Lipinski definition) is 4. The van der Waals surface area contributed by atoms with E-state index in [1.54, 1.807) is 6.20 Å². The second-order valence-electron chi connectivity index (χ2n) is 5.78. The van der Waals surface area contributed by atoms with Gasteiger partial charge in [0.15, 0.2) is 0 Å². The molecule has 4 rings (SSSR count). The third kappa shape index (κ3) is 3.15. The molecule has 2 aromatic heterocycles. The molecule has 0 unspecified atom stereocenters. The van der Waals surface area contributed by atoms with Gasteiger partial charge in [-0.15, -0.1) is 10.2 Å². The lowest BCUT2D eigenvalue weighted by Gasteiger charge is -2.09. The van der Waals surface area contributed by atoms with E-state index in [-0.39, 0.29) is 0 Å². The van der Waals surface area contributed by atoms with E-state index < -0.39 is 0 Å². The molecule has 0 aliphatic carbocycles. The molecule has 0 saturated carbocycles. The van der Waals surface area contributed by atoms with Gasteiger partial charge in [0.05, 0.1) is 0 Å². The van der Waals surface area contributed by atoms with Gasteiger partial charge in [-0.2, -0.15) is 0 Å². The first-order valence-corrected chi connectivity index (χ1v) is 8.10. The highest BCUT2D eigenvalue weighted by Crippen LogP contribution is 2.29. The fourth-order valence-corrected chi connectivity index (χ4v) is 2.68. The average Bonchev–Trinajstić information content (AvgIpc) is 2.69. The lowest BCUT2D eigenvalue weighted by molar-refractivity contribution is 0.980. The highest BCUT2D eigenvalue weighted by Gasteiger charge is 2.14. The minimum atomic E-state index is 0.530. The molecule has 4 heteroatoms. The van der Waals surface area contributed by atoms with E-state index in [0.29, 0.717) is 5.82 Å². The average molecular weight is 324 g/mol. The maximum atomic E-state index is 4.79. The summed E-state index contributed by atoms with van der Waals surface area (Å²) in [6, 6.07) is 24.0. The Hall–Kier alpha value is -3.40. The standard InChI is InChI=1S/C21H16N4/c1-15-12-13-22-18(14-15)21-23-19(16-8-4-2-5-9-16)20(24-25-21)17-10-6-3-7-11-17/h2-14H,1H3. The highest BCUT2D eigenvalue weighted by molar-refractivity contribution is 5.78. The molecule has 2 aromatic carbocycles. The van der Waals surface area contributed by atoms with Crippen molar-refractivity contribution in [1.82, 2.24) is 20.2 Å². The lowest BCUT2D eigenvalue weighted by Crippen LogP contribution is -2.01. The summed E-state index contributed by atoms with van der Waals surface area (Å²) in [7, 11) is 0. The summed E-state index contributed by atoms with van der Waals surface area (Å²) in [5, 5.41) is 8.81. The zero-order valence-electron chi connectivity index (χ0n) is 13.8. The number of aromatic nitrogens is 4. The van der Waals surface area contributed by atoms with Gasteiger partial charge >= 0.3 is 0 Å². The zero-order chi connectivity index (χ0) is 17.1. The lowest BCUT2D eigenvalue weighted by atomic mass is 10.0. The van der Waals surface area contributed by atoms with Crippen LogP contribution in [0.4, 0.5) is 0 Å². The van der Waals surface area contributed by atoms with E-state index in [1.807, 2.05) is 79.7 Å². The number of benzene rings is 2. The van der Waals surface area contributed by atoms with E-state index in [1.165, 1.54) is 0 Å². The number of nitrogens with zero attached hydrogens (tertiary/aromatic N) is 4. The predicted octanol–water partition coefficient (Wildman–Crippen LogP) is 4.58. The molecule has 0 radical (unpaired) electrons. The first kappa shape index (κ1) is 15.1. The fraction of sp³-hybridized carbons (Fsp3) is 0.0476. The van der Waals surface area contributed by atoms with Crippen molar-refractivity contribution in [2.24, 2.45) is 0 Å². The van der Waals surface area contributed by atoms with Gasteiger partial charge < -0.3 is 0 Å². The highest BCUT2D eigenvalue weighted by atomic mass is 15.2. The van der Waals surface area contributed by atoms with Crippen LogP contribution in [0.2, 0.25) is 0 Å². The Bertz CT molecular complexity index is 999. The van der Waals surface area contributed by atoms with E-state index in [9.17, 15) is 0 Å². The van der Waals surface area contributed by atoms with Crippen LogP contribution in [0.5, 0.6) is 0 Å². The van der Waals surface area contributed by atoms with Gasteiger partial charge in [-0.05, 0) is 24.6 Å². The molecule has 0 atom stereocenters. The Morgan fingerprint density at radius 3 is 1.96 bits per heavy atom. The Balaban J connectivity index is 1.92. The molecule has 4 aromatic rings. The molecule has 0 aliphatic rings. The predicted molar refractivity (Wildman–Crippen MR) is 98.7 cm³/mol. The molecule has 0 amide bonds. The fourth-order valence-electron chi connectivity index (χ4n) is 2.68. The maximum absolute atomic E-state index is 4.79. The van der Waals surface area contributed by atoms with E-state index in [4.69, 9.17) is 4.98 Å². The van der Waals surface area contributed by atoms with Gasteiger partial charge in [-0.25, -0.2) is 4.98 Å². The van der Waals surface area contributed by atoms with Crippen LogP contribution in [0, 0.1) is 6.92 Å². The summed E-state index contributed by atoms with van der Waals surface area (Å²) in [4.78, 5) is 9.18. The van der Waals surface area contributed by atoms with Crippen molar-refractivity contribution in [3.8, 4) is 34.0 Å². The molecule has 0 N–H and O–H groups in total. The Labute approximate surface area is 146 Å². The Morgan fingerprint density at radius 2 is 1.32 bits per heavy atom. The maximum Gasteiger partial charge on any atom is 0.201 e. The molecule has 4 nitrogen and oxygen atoms in total. The van der Waals surface area contributed by atoms with Crippen molar-refractivity contribution < 1.29 is 0 Å². The van der Waals surface area contributed by atoms with E-state index in [2.05, 4.69) is 15.2 Å². The summed E-state index contributed by atoms with van der Waals surface area (Å²) >= 11 is 0. The van der Waals surface area contributed by atoms with Crippen LogP contribution >= 0.6 is 0 Å². The number of rotatable bonds is 3. The summed E-state index contributed by atoms with van der Waals surface area (Å²) in [6.07, 6.45) is 1.77. The van der Waals surface area contributed by atoms with Crippen LogP contribution in [0.15, 0.2) is 79.0 Å². The van der Waals surface area contributed by atoms with Gasteiger partial charge in [0.1, 0.15) is 17.1 Å². The SMILES string of the molecule is Cc1ccnc(-c2nnc(-c3ccccc3)c(-c3ccccc3)n2)c1. The van der Waals surface area contributed by atoms with Gasteiger partial charge in [0.25, 0.3) is 0 Å². The van der Waals surface area contributed by atoms with Gasteiger partial charge in [-0.3, -0.25) is 4.98 Å².